The molecule has 1 aromatic heterocycles. The van der Waals surface area contributed by atoms with Gasteiger partial charge in [0.25, 0.3) is 11.8 Å². The number of aryl methyl sites for hydroxylation is 2. The van der Waals surface area contributed by atoms with E-state index in [1.807, 2.05) is 26.0 Å². The molecule has 0 bridgehead atoms. The van der Waals surface area contributed by atoms with Crippen LogP contribution in [0.5, 0.6) is 0 Å². The molecule has 1 saturated carbocycles. The van der Waals surface area contributed by atoms with Crippen LogP contribution in [0.4, 0.5) is 20.3 Å². The van der Waals surface area contributed by atoms with Gasteiger partial charge in [-0.2, -0.15) is 0 Å². The lowest BCUT2D eigenvalue weighted by atomic mass is 9.87. The number of alkyl halides is 2. The van der Waals surface area contributed by atoms with Crippen LogP contribution in [-0.4, -0.2) is 40.7 Å². The van der Waals surface area contributed by atoms with Gasteiger partial charge >= 0.3 is 0 Å². The van der Waals surface area contributed by atoms with Crippen molar-refractivity contribution in [3.05, 3.63) is 88.6 Å². The molecule has 3 amide bonds. The fourth-order valence-electron chi connectivity index (χ4n) is 5.29. The van der Waals surface area contributed by atoms with E-state index in [0.717, 1.165) is 11.1 Å². The van der Waals surface area contributed by atoms with Gasteiger partial charge < -0.3 is 5.32 Å². The molecule has 2 aromatic carbocycles. The number of hydrogen-bond donors (Lipinski definition) is 1. The standard InChI is InChI=1S/C30H29ClF2N4O3/c1-18-6-5-7-21(14-18)36(29(40)24-11-13-26(38)37(24)25-12-10-19(2)17-34-25)27(22-8-3-4-9-23(22)31)28(39)35-20-15-30(32,33)16-20/h3-10,12,14,17,20,24,27H,11,13,15-16H2,1-2H3,(H,35,39)/t24-,27-/m0/s1. The van der Waals surface area contributed by atoms with Crippen molar-refractivity contribution in [2.45, 2.75) is 63.6 Å². The summed E-state index contributed by atoms with van der Waals surface area (Å²) in [5.74, 6) is -3.89. The Morgan fingerprint density at radius 1 is 1.07 bits per heavy atom. The van der Waals surface area contributed by atoms with Crippen molar-refractivity contribution in [1.82, 2.24) is 10.3 Å². The van der Waals surface area contributed by atoms with E-state index in [1.165, 1.54) is 9.80 Å². The quantitative estimate of drug-likeness (QED) is 0.407. The highest BCUT2D eigenvalue weighted by molar-refractivity contribution is 6.31. The normalized spacial score (nSPS) is 19.2. The first kappa shape index (κ1) is 27.7. The summed E-state index contributed by atoms with van der Waals surface area (Å²) in [4.78, 5) is 48.5. The number of nitrogens with zero attached hydrogens (tertiary/aromatic N) is 3. The topological polar surface area (TPSA) is 82.6 Å². The lowest BCUT2D eigenvalue weighted by molar-refractivity contribution is -0.133. The highest BCUT2D eigenvalue weighted by atomic mass is 35.5. The summed E-state index contributed by atoms with van der Waals surface area (Å²) in [5.41, 5.74) is 2.50. The van der Waals surface area contributed by atoms with E-state index < -0.39 is 48.7 Å². The summed E-state index contributed by atoms with van der Waals surface area (Å²) in [5, 5.41) is 2.94. The van der Waals surface area contributed by atoms with Crippen LogP contribution in [0, 0.1) is 13.8 Å². The van der Waals surface area contributed by atoms with E-state index in [-0.39, 0.29) is 23.8 Å². The fourth-order valence-corrected chi connectivity index (χ4v) is 5.53. The number of benzene rings is 2. The van der Waals surface area contributed by atoms with Crippen molar-refractivity contribution in [2.24, 2.45) is 0 Å². The SMILES string of the molecule is Cc1ccc(N2C(=O)CC[C@H]2C(=O)N(c2cccc(C)c2)[C@H](C(=O)NC2CC(F)(F)C2)c2ccccc2Cl)nc1. The van der Waals surface area contributed by atoms with Crippen molar-refractivity contribution in [3.63, 3.8) is 0 Å². The number of anilines is 2. The molecule has 5 rings (SSSR count). The third-order valence-corrected chi connectivity index (χ3v) is 7.64. The van der Waals surface area contributed by atoms with Gasteiger partial charge in [0.15, 0.2) is 0 Å². The summed E-state index contributed by atoms with van der Waals surface area (Å²) in [6, 6.07) is 14.3. The molecule has 40 heavy (non-hydrogen) atoms. The molecule has 10 heteroatoms. The van der Waals surface area contributed by atoms with Crippen LogP contribution >= 0.6 is 11.6 Å². The van der Waals surface area contributed by atoms with Gasteiger partial charge in [0.2, 0.25) is 11.8 Å². The number of amides is 3. The maximum Gasteiger partial charge on any atom is 0.252 e. The van der Waals surface area contributed by atoms with Gasteiger partial charge in [0, 0.05) is 47.8 Å². The molecule has 1 aliphatic heterocycles. The van der Waals surface area contributed by atoms with E-state index in [0.29, 0.717) is 17.1 Å². The average Bonchev–Trinajstić information content (AvgIpc) is 3.28. The second kappa shape index (κ2) is 11.0. The van der Waals surface area contributed by atoms with Crippen LogP contribution in [0.25, 0.3) is 0 Å². The fraction of sp³-hybridized carbons (Fsp3) is 0.333. The number of rotatable bonds is 7. The minimum Gasteiger partial charge on any atom is -0.351 e. The highest BCUT2D eigenvalue weighted by Crippen LogP contribution is 2.39. The van der Waals surface area contributed by atoms with Gasteiger partial charge in [-0.1, -0.05) is 48.0 Å². The maximum atomic E-state index is 14.5. The molecule has 2 heterocycles. The highest BCUT2D eigenvalue weighted by Gasteiger charge is 2.48. The van der Waals surface area contributed by atoms with Crippen molar-refractivity contribution in [1.29, 1.82) is 0 Å². The molecule has 3 aromatic rings. The molecule has 208 valence electrons. The largest absolute Gasteiger partial charge is 0.351 e. The number of carbonyl (C=O) groups is 3. The molecule has 1 aliphatic carbocycles. The Morgan fingerprint density at radius 3 is 2.48 bits per heavy atom. The lowest BCUT2D eigenvalue weighted by Gasteiger charge is -2.39. The number of nitrogens with one attached hydrogen (secondary N) is 1. The van der Waals surface area contributed by atoms with Gasteiger partial charge in [-0.25, -0.2) is 13.8 Å². The Kier molecular flexibility index (Phi) is 7.59. The summed E-state index contributed by atoms with van der Waals surface area (Å²) >= 11 is 6.57. The summed E-state index contributed by atoms with van der Waals surface area (Å²) in [6.07, 6.45) is 1.02. The molecule has 2 aliphatic rings. The van der Waals surface area contributed by atoms with Crippen LogP contribution in [0.3, 0.4) is 0 Å². The second-order valence-corrected chi connectivity index (χ2v) is 10.9. The third kappa shape index (κ3) is 5.56. The van der Waals surface area contributed by atoms with E-state index >= 15 is 0 Å². The van der Waals surface area contributed by atoms with E-state index in [2.05, 4.69) is 10.3 Å². The van der Waals surface area contributed by atoms with Crippen molar-refractivity contribution in [3.8, 4) is 0 Å². The summed E-state index contributed by atoms with van der Waals surface area (Å²) in [7, 11) is 0. The van der Waals surface area contributed by atoms with Gasteiger partial charge in [-0.05, 0) is 55.7 Å². The zero-order valence-electron chi connectivity index (χ0n) is 22.1. The van der Waals surface area contributed by atoms with E-state index in [1.54, 1.807) is 54.7 Å². The average molecular weight is 567 g/mol. The number of halogens is 3. The third-order valence-electron chi connectivity index (χ3n) is 7.30. The Hall–Kier alpha value is -3.85. The Labute approximate surface area is 236 Å². The van der Waals surface area contributed by atoms with E-state index in [9.17, 15) is 23.2 Å². The van der Waals surface area contributed by atoms with Gasteiger partial charge in [0.05, 0.1) is 0 Å². The molecule has 2 atom stereocenters. The molecule has 1 saturated heterocycles. The lowest BCUT2D eigenvalue weighted by Crippen LogP contribution is -2.56. The van der Waals surface area contributed by atoms with Crippen molar-refractivity contribution in [2.75, 3.05) is 9.80 Å². The molecular weight excluding hydrogens is 538 g/mol. The first-order valence-electron chi connectivity index (χ1n) is 13.1. The maximum absolute atomic E-state index is 14.5. The Balaban J connectivity index is 1.60. The molecular formula is C30H29ClF2N4O3. The predicted octanol–water partition coefficient (Wildman–Crippen LogP) is 5.54. The van der Waals surface area contributed by atoms with Gasteiger partial charge in [-0.3, -0.25) is 24.2 Å². The molecule has 1 N–H and O–H groups in total. The zero-order chi connectivity index (χ0) is 28.6. The first-order chi connectivity index (χ1) is 19.0. The number of aromatic nitrogens is 1. The zero-order valence-corrected chi connectivity index (χ0v) is 22.9. The van der Waals surface area contributed by atoms with Crippen LogP contribution in [-0.2, 0) is 14.4 Å². The van der Waals surface area contributed by atoms with Crippen molar-refractivity contribution >= 4 is 40.8 Å². The monoisotopic (exact) mass is 566 g/mol. The smallest absolute Gasteiger partial charge is 0.252 e. The molecule has 0 radical (unpaired) electrons. The summed E-state index contributed by atoms with van der Waals surface area (Å²) < 4.78 is 27.2. The minimum absolute atomic E-state index is 0.133. The summed E-state index contributed by atoms with van der Waals surface area (Å²) in [6.45, 7) is 3.73. The van der Waals surface area contributed by atoms with Gasteiger partial charge in [0.1, 0.15) is 17.9 Å². The molecule has 2 fully saturated rings. The molecule has 7 nitrogen and oxygen atoms in total. The van der Waals surface area contributed by atoms with E-state index in [4.69, 9.17) is 11.6 Å². The van der Waals surface area contributed by atoms with Crippen LogP contribution < -0.4 is 15.1 Å². The molecule has 0 unspecified atom stereocenters. The second-order valence-electron chi connectivity index (χ2n) is 10.5. The number of hydrogen-bond acceptors (Lipinski definition) is 4. The van der Waals surface area contributed by atoms with Crippen LogP contribution in [0.2, 0.25) is 5.02 Å². The van der Waals surface area contributed by atoms with Crippen LogP contribution in [0.15, 0.2) is 66.9 Å². The number of carbonyl (C=O) groups excluding carboxylic acids is 3. The van der Waals surface area contributed by atoms with Crippen LogP contribution in [0.1, 0.15) is 48.4 Å². The number of pyridine rings is 1. The molecule has 0 spiro atoms. The predicted molar refractivity (Wildman–Crippen MR) is 148 cm³/mol. The van der Waals surface area contributed by atoms with Crippen molar-refractivity contribution < 1.29 is 23.2 Å². The Bertz CT molecular complexity index is 1440. The first-order valence-corrected chi connectivity index (χ1v) is 13.5. The Morgan fingerprint density at radius 2 is 1.82 bits per heavy atom. The minimum atomic E-state index is -2.84. The van der Waals surface area contributed by atoms with Gasteiger partial charge in [-0.15, -0.1) is 0 Å².